The van der Waals surface area contributed by atoms with Crippen molar-refractivity contribution in [1.29, 1.82) is 0 Å². The molecule has 9 nitrogen and oxygen atoms in total. The summed E-state index contributed by atoms with van der Waals surface area (Å²) in [6.07, 6.45) is 1.72. The molecule has 0 aromatic carbocycles. The molecular formula is C13H21NO8S2. The van der Waals surface area contributed by atoms with E-state index in [-0.39, 0.29) is 13.0 Å². The Morgan fingerprint density at radius 3 is 2.17 bits per heavy atom. The van der Waals surface area contributed by atoms with Gasteiger partial charge in [0.15, 0.2) is 0 Å². The molecule has 24 heavy (non-hydrogen) atoms. The predicted molar refractivity (Wildman–Crippen MR) is 86.9 cm³/mol. The lowest BCUT2D eigenvalue weighted by molar-refractivity contribution is -0.137. The van der Waals surface area contributed by atoms with Crippen LogP contribution >= 0.6 is 0 Å². The van der Waals surface area contributed by atoms with Crippen molar-refractivity contribution >= 4 is 32.1 Å². The summed E-state index contributed by atoms with van der Waals surface area (Å²) in [6.45, 7) is 8.94. The highest BCUT2D eigenvalue weighted by Crippen LogP contribution is 2.12. The van der Waals surface area contributed by atoms with Crippen molar-refractivity contribution in [2.45, 2.75) is 25.8 Å². The molecule has 0 saturated carbocycles. The summed E-state index contributed by atoms with van der Waals surface area (Å²) < 4.78 is 55.8. The Bertz CT molecular complexity index is 691. The SMILES string of the molecule is C=CC(=O)NC(C)(C)CS(=O)(=O)OS(=O)(=O)CCCOC(=O)C=C. The minimum absolute atomic E-state index is 0.145. The summed E-state index contributed by atoms with van der Waals surface area (Å²) in [5.41, 5.74) is -1.26. The number of hydrogen-bond acceptors (Lipinski definition) is 8. The highest BCUT2D eigenvalue weighted by molar-refractivity contribution is 7.99. The molecule has 0 saturated heterocycles. The number of rotatable bonds is 11. The van der Waals surface area contributed by atoms with E-state index < -0.39 is 49.2 Å². The Morgan fingerprint density at radius 1 is 1.08 bits per heavy atom. The second-order valence-corrected chi connectivity index (χ2v) is 8.81. The van der Waals surface area contributed by atoms with E-state index in [1.165, 1.54) is 13.8 Å². The number of amides is 1. The Balaban J connectivity index is 4.66. The van der Waals surface area contributed by atoms with E-state index >= 15 is 0 Å². The molecule has 0 aliphatic rings. The molecule has 11 heteroatoms. The van der Waals surface area contributed by atoms with E-state index in [9.17, 15) is 26.4 Å². The zero-order valence-corrected chi connectivity index (χ0v) is 15.1. The quantitative estimate of drug-likeness (QED) is 0.296. The van der Waals surface area contributed by atoms with E-state index in [0.717, 1.165) is 12.2 Å². The summed E-state index contributed by atoms with van der Waals surface area (Å²) >= 11 is 0. The maximum absolute atomic E-state index is 11.8. The number of nitrogens with one attached hydrogen (secondary N) is 1. The fourth-order valence-electron chi connectivity index (χ4n) is 1.55. The molecule has 0 aliphatic heterocycles. The van der Waals surface area contributed by atoms with Crippen LogP contribution < -0.4 is 5.32 Å². The summed E-state index contributed by atoms with van der Waals surface area (Å²) in [5.74, 6) is -2.75. The van der Waals surface area contributed by atoms with Gasteiger partial charge in [-0.05, 0) is 26.3 Å². The van der Waals surface area contributed by atoms with Crippen LogP contribution in [0.5, 0.6) is 0 Å². The van der Waals surface area contributed by atoms with Crippen molar-refractivity contribution in [2.75, 3.05) is 18.1 Å². The molecule has 1 N–H and O–H groups in total. The predicted octanol–water partition coefficient (Wildman–Crippen LogP) is -0.137. The lowest BCUT2D eigenvalue weighted by atomic mass is 10.1. The van der Waals surface area contributed by atoms with Crippen molar-refractivity contribution in [3.63, 3.8) is 0 Å². The lowest BCUT2D eigenvalue weighted by Crippen LogP contribution is -2.48. The van der Waals surface area contributed by atoms with Gasteiger partial charge in [0, 0.05) is 6.08 Å². The Kier molecular flexibility index (Phi) is 8.30. The standard InChI is InChI=1S/C13H21NO8S2/c1-5-11(15)14-13(3,4)10-24(19,20)22-23(17,18)9-7-8-21-12(16)6-2/h5-6H,1-2,7-10H2,3-4H3,(H,14,15). The zero-order chi connectivity index (χ0) is 19.0. The van der Waals surface area contributed by atoms with E-state index in [1.54, 1.807) is 0 Å². The minimum Gasteiger partial charge on any atom is -0.463 e. The van der Waals surface area contributed by atoms with Gasteiger partial charge in [-0.1, -0.05) is 13.2 Å². The Hall–Kier alpha value is -1.72. The number of carbonyl (C=O) groups is 2. The van der Waals surface area contributed by atoms with Gasteiger partial charge in [0.05, 0.1) is 23.7 Å². The number of ether oxygens (including phenoxy) is 1. The van der Waals surface area contributed by atoms with E-state index in [1.807, 2.05) is 0 Å². The van der Waals surface area contributed by atoms with Crippen LogP contribution in [0.15, 0.2) is 25.3 Å². The van der Waals surface area contributed by atoms with E-state index in [2.05, 4.69) is 26.8 Å². The highest BCUT2D eigenvalue weighted by atomic mass is 32.3. The molecule has 0 spiro atoms. The maximum atomic E-state index is 11.8. The number of esters is 1. The van der Waals surface area contributed by atoms with Gasteiger partial charge < -0.3 is 10.1 Å². The van der Waals surface area contributed by atoms with Crippen molar-refractivity contribution in [3.8, 4) is 0 Å². The summed E-state index contributed by atoms with van der Waals surface area (Å²) in [4.78, 5) is 22.0. The first-order valence-electron chi connectivity index (χ1n) is 6.73. The molecule has 0 atom stereocenters. The first-order valence-corrected chi connectivity index (χ1v) is 9.88. The van der Waals surface area contributed by atoms with Crippen LogP contribution in [0.2, 0.25) is 0 Å². The average molecular weight is 383 g/mol. The van der Waals surface area contributed by atoms with Gasteiger partial charge in [0.1, 0.15) is 0 Å². The molecule has 138 valence electrons. The number of carbonyl (C=O) groups excluding carboxylic acids is 2. The van der Waals surface area contributed by atoms with E-state index in [4.69, 9.17) is 0 Å². The van der Waals surface area contributed by atoms with Crippen molar-refractivity contribution in [1.82, 2.24) is 5.32 Å². The molecule has 0 bridgehead atoms. The molecule has 1 amide bonds. The monoisotopic (exact) mass is 383 g/mol. The average Bonchev–Trinajstić information content (AvgIpc) is 2.39. The molecule has 0 radical (unpaired) electrons. The molecule has 0 aromatic heterocycles. The topological polar surface area (TPSA) is 133 Å². The molecule has 0 unspecified atom stereocenters. The second kappa shape index (κ2) is 8.94. The summed E-state index contributed by atoms with van der Waals surface area (Å²) in [6, 6.07) is 0. The zero-order valence-electron chi connectivity index (χ0n) is 13.5. The van der Waals surface area contributed by atoms with Crippen LogP contribution in [-0.2, 0) is 38.2 Å². The van der Waals surface area contributed by atoms with Crippen molar-refractivity contribution in [3.05, 3.63) is 25.3 Å². The molecule has 0 rings (SSSR count). The van der Waals surface area contributed by atoms with Crippen LogP contribution in [0.1, 0.15) is 20.3 Å². The molecule has 0 aliphatic carbocycles. The smallest absolute Gasteiger partial charge is 0.330 e. The fourth-order valence-corrected chi connectivity index (χ4v) is 4.70. The summed E-state index contributed by atoms with van der Waals surface area (Å²) in [5, 5.41) is 2.34. The van der Waals surface area contributed by atoms with E-state index in [0.29, 0.717) is 0 Å². The van der Waals surface area contributed by atoms with Crippen molar-refractivity contribution in [2.24, 2.45) is 0 Å². The largest absolute Gasteiger partial charge is 0.463 e. The fraction of sp³-hybridized carbons (Fsp3) is 0.538. The Morgan fingerprint density at radius 2 is 1.67 bits per heavy atom. The van der Waals surface area contributed by atoms with Gasteiger partial charge in [-0.25, -0.2) is 4.79 Å². The lowest BCUT2D eigenvalue weighted by Gasteiger charge is -2.24. The van der Waals surface area contributed by atoms with Crippen LogP contribution in [-0.4, -0.2) is 52.4 Å². The third-order valence-corrected chi connectivity index (χ3v) is 5.86. The van der Waals surface area contributed by atoms with Gasteiger partial charge in [-0.15, -0.1) is 3.63 Å². The van der Waals surface area contributed by atoms with Crippen LogP contribution in [0.3, 0.4) is 0 Å². The molecule has 0 heterocycles. The Labute approximate surface area is 142 Å². The van der Waals surface area contributed by atoms with Gasteiger partial charge in [-0.2, -0.15) is 16.8 Å². The minimum atomic E-state index is -4.47. The van der Waals surface area contributed by atoms with Gasteiger partial charge in [0.25, 0.3) is 20.2 Å². The maximum Gasteiger partial charge on any atom is 0.330 e. The molecular weight excluding hydrogens is 362 g/mol. The number of hydrogen-bond donors (Lipinski definition) is 1. The van der Waals surface area contributed by atoms with Gasteiger partial charge >= 0.3 is 5.97 Å². The van der Waals surface area contributed by atoms with Gasteiger partial charge in [0.2, 0.25) is 5.91 Å². The normalized spacial score (nSPS) is 12.2. The van der Waals surface area contributed by atoms with Crippen LogP contribution in [0.4, 0.5) is 0 Å². The third kappa shape index (κ3) is 10.1. The molecule has 0 fully saturated rings. The summed E-state index contributed by atoms with van der Waals surface area (Å²) in [7, 11) is -8.86. The second-order valence-electron chi connectivity index (χ2n) is 5.33. The third-order valence-electron chi connectivity index (χ3n) is 2.34. The van der Waals surface area contributed by atoms with Gasteiger partial charge in [-0.3, -0.25) is 4.79 Å². The first-order chi connectivity index (χ1) is 10.8. The highest BCUT2D eigenvalue weighted by Gasteiger charge is 2.31. The van der Waals surface area contributed by atoms with Crippen molar-refractivity contribution < 1.29 is 34.8 Å². The van der Waals surface area contributed by atoms with Crippen LogP contribution in [0.25, 0.3) is 0 Å². The first kappa shape index (κ1) is 22.3. The molecule has 0 aromatic rings. The van der Waals surface area contributed by atoms with Crippen LogP contribution in [0, 0.1) is 0 Å².